The molecule has 0 spiro atoms. The molecule has 0 aliphatic heterocycles. The van der Waals surface area contributed by atoms with Crippen LogP contribution >= 0.6 is 11.6 Å². The molecule has 2 unspecified atom stereocenters. The molecule has 1 aromatic heterocycles. The van der Waals surface area contributed by atoms with Gasteiger partial charge in [0.25, 0.3) is 0 Å². The summed E-state index contributed by atoms with van der Waals surface area (Å²) in [5, 5.41) is 14.1. The van der Waals surface area contributed by atoms with Crippen LogP contribution in [0, 0.1) is 0 Å². The number of nitrogens with zero attached hydrogens (tertiary/aromatic N) is 1. The molecule has 0 aliphatic rings. The van der Waals surface area contributed by atoms with E-state index in [9.17, 15) is 5.11 Å². The van der Waals surface area contributed by atoms with E-state index in [1.54, 1.807) is 38.6 Å². The smallest absolute Gasteiger partial charge is 0.133 e. The van der Waals surface area contributed by atoms with E-state index in [4.69, 9.17) is 21.1 Å². The van der Waals surface area contributed by atoms with Gasteiger partial charge in [0.1, 0.15) is 16.7 Å². The lowest BCUT2D eigenvalue weighted by Gasteiger charge is -2.19. The Bertz CT molecular complexity index is 629. The predicted molar refractivity (Wildman–Crippen MR) is 90.2 cm³/mol. The van der Waals surface area contributed by atoms with Crippen molar-refractivity contribution in [2.45, 2.75) is 19.1 Å². The highest BCUT2D eigenvalue weighted by atomic mass is 35.5. The molecule has 124 valence electrons. The number of ether oxygens (including phenoxy) is 2. The maximum absolute atomic E-state index is 10.4. The second-order valence-corrected chi connectivity index (χ2v) is 5.53. The van der Waals surface area contributed by atoms with Crippen LogP contribution in [-0.4, -0.2) is 30.9 Å². The van der Waals surface area contributed by atoms with Crippen molar-refractivity contribution in [2.24, 2.45) is 0 Å². The molecule has 1 aromatic carbocycles. The summed E-state index contributed by atoms with van der Waals surface area (Å²) >= 11 is 6.08. The zero-order chi connectivity index (χ0) is 16.8. The maximum atomic E-state index is 10.4. The lowest BCUT2D eigenvalue weighted by atomic mass is 10.1. The van der Waals surface area contributed by atoms with Crippen LogP contribution in [0.15, 0.2) is 36.5 Å². The number of halogens is 1. The van der Waals surface area contributed by atoms with Crippen LogP contribution < -0.4 is 14.8 Å². The molecule has 2 atom stereocenters. The second kappa shape index (κ2) is 8.15. The Balaban J connectivity index is 2.04. The van der Waals surface area contributed by atoms with Gasteiger partial charge in [-0.25, -0.2) is 4.98 Å². The first-order chi connectivity index (χ1) is 11.0. The van der Waals surface area contributed by atoms with E-state index in [0.717, 1.165) is 11.1 Å². The topological polar surface area (TPSA) is 63.6 Å². The average Bonchev–Trinajstić information content (AvgIpc) is 2.59. The summed E-state index contributed by atoms with van der Waals surface area (Å²) < 4.78 is 10.4. The predicted octanol–water partition coefficient (Wildman–Crippen LogP) is 3.14. The fraction of sp³-hybridized carbons (Fsp3) is 0.353. The van der Waals surface area contributed by atoms with Crippen LogP contribution in [0.25, 0.3) is 0 Å². The number of benzene rings is 1. The van der Waals surface area contributed by atoms with Crippen molar-refractivity contribution >= 4 is 11.6 Å². The van der Waals surface area contributed by atoms with Crippen LogP contribution in [0.4, 0.5) is 0 Å². The van der Waals surface area contributed by atoms with Gasteiger partial charge >= 0.3 is 0 Å². The fourth-order valence-electron chi connectivity index (χ4n) is 2.26. The van der Waals surface area contributed by atoms with Crippen LogP contribution in [0.2, 0.25) is 5.15 Å². The molecular weight excluding hydrogens is 316 g/mol. The van der Waals surface area contributed by atoms with Crippen LogP contribution in [-0.2, 0) is 0 Å². The second-order valence-electron chi connectivity index (χ2n) is 5.18. The highest BCUT2D eigenvalue weighted by molar-refractivity contribution is 6.30. The zero-order valence-corrected chi connectivity index (χ0v) is 14.2. The van der Waals surface area contributed by atoms with Gasteiger partial charge in [-0.2, -0.15) is 0 Å². The van der Waals surface area contributed by atoms with E-state index in [1.807, 2.05) is 19.1 Å². The van der Waals surface area contributed by atoms with Gasteiger partial charge in [0.05, 0.1) is 20.3 Å². The molecule has 5 nitrogen and oxygen atoms in total. The minimum Gasteiger partial charge on any atom is -0.497 e. The minimum absolute atomic E-state index is 0.0293. The molecule has 0 aliphatic carbocycles. The number of hydrogen-bond acceptors (Lipinski definition) is 5. The number of rotatable bonds is 7. The van der Waals surface area contributed by atoms with Gasteiger partial charge in [-0.3, -0.25) is 0 Å². The van der Waals surface area contributed by atoms with Crippen molar-refractivity contribution in [1.82, 2.24) is 10.3 Å². The largest absolute Gasteiger partial charge is 0.497 e. The molecule has 23 heavy (non-hydrogen) atoms. The van der Waals surface area contributed by atoms with Crippen molar-refractivity contribution in [1.29, 1.82) is 0 Å². The van der Waals surface area contributed by atoms with E-state index in [-0.39, 0.29) is 6.04 Å². The van der Waals surface area contributed by atoms with Crippen molar-refractivity contribution in [3.8, 4) is 11.5 Å². The lowest BCUT2D eigenvalue weighted by molar-refractivity contribution is 0.170. The SMILES string of the molecule is COc1cc(OC)cc(C(O)CNC(C)c2cccnc2Cl)c1. The number of aliphatic hydroxyl groups excluding tert-OH is 1. The summed E-state index contributed by atoms with van der Waals surface area (Å²) in [4.78, 5) is 4.06. The van der Waals surface area contributed by atoms with Crippen LogP contribution in [0.3, 0.4) is 0 Å². The molecule has 0 saturated carbocycles. The highest BCUT2D eigenvalue weighted by Crippen LogP contribution is 2.27. The van der Waals surface area contributed by atoms with E-state index in [2.05, 4.69) is 10.3 Å². The average molecular weight is 337 g/mol. The Morgan fingerprint density at radius 3 is 2.43 bits per heavy atom. The molecule has 0 radical (unpaired) electrons. The van der Waals surface area contributed by atoms with Gasteiger partial charge < -0.3 is 19.9 Å². The third-order valence-corrected chi connectivity index (χ3v) is 3.95. The summed E-state index contributed by atoms with van der Waals surface area (Å²) in [5.74, 6) is 1.28. The molecule has 2 rings (SSSR count). The Kier molecular flexibility index (Phi) is 6.21. The van der Waals surface area contributed by atoms with Crippen LogP contribution in [0.5, 0.6) is 11.5 Å². The Morgan fingerprint density at radius 2 is 1.87 bits per heavy atom. The molecule has 2 aromatic rings. The molecule has 6 heteroatoms. The summed E-state index contributed by atoms with van der Waals surface area (Å²) in [6.45, 7) is 2.34. The third kappa shape index (κ3) is 4.58. The van der Waals surface area contributed by atoms with Gasteiger partial charge in [-0.05, 0) is 30.7 Å². The Labute approximate surface area is 141 Å². The molecule has 0 fully saturated rings. The zero-order valence-electron chi connectivity index (χ0n) is 13.4. The van der Waals surface area contributed by atoms with Crippen molar-refractivity contribution < 1.29 is 14.6 Å². The Hall–Kier alpha value is -1.82. The monoisotopic (exact) mass is 336 g/mol. The van der Waals surface area contributed by atoms with Gasteiger partial charge in [0.2, 0.25) is 0 Å². The number of hydrogen-bond donors (Lipinski definition) is 2. The minimum atomic E-state index is -0.697. The molecular formula is C17H21ClN2O3. The normalized spacial score (nSPS) is 13.4. The van der Waals surface area contributed by atoms with Crippen molar-refractivity contribution in [3.05, 3.63) is 52.8 Å². The molecule has 0 amide bonds. The first kappa shape index (κ1) is 17.5. The summed E-state index contributed by atoms with van der Waals surface area (Å²) in [7, 11) is 3.16. The summed E-state index contributed by atoms with van der Waals surface area (Å²) in [5.41, 5.74) is 1.61. The molecule has 1 heterocycles. The fourth-order valence-corrected chi connectivity index (χ4v) is 2.54. The quantitative estimate of drug-likeness (QED) is 0.760. The standard InChI is InChI=1S/C17H21ClN2O3/c1-11(15-5-4-6-19-17(15)18)20-10-16(21)12-7-13(22-2)9-14(8-12)23-3/h4-9,11,16,20-21H,10H2,1-3H3. The van der Waals surface area contributed by atoms with E-state index < -0.39 is 6.10 Å². The number of aliphatic hydroxyl groups is 1. The highest BCUT2D eigenvalue weighted by Gasteiger charge is 2.14. The van der Waals surface area contributed by atoms with Crippen molar-refractivity contribution in [3.63, 3.8) is 0 Å². The molecule has 0 bridgehead atoms. The first-order valence-corrected chi connectivity index (χ1v) is 7.67. The number of nitrogens with one attached hydrogen (secondary N) is 1. The van der Waals surface area contributed by atoms with Gasteiger partial charge in [0.15, 0.2) is 0 Å². The van der Waals surface area contributed by atoms with Gasteiger partial charge in [0, 0.05) is 30.4 Å². The summed E-state index contributed by atoms with van der Waals surface area (Å²) in [6, 6.07) is 9.06. The lowest BCUT2D eigenvalue weighted by Crippen LogP contribution is -2.25. The summed E-state index contributed by atoms with van der Waals surface area (Å²) in [6.07, 6.45) is 0.951. The maximum Gasteiger partial charge on any atom is 0.133 e. The van der Waals surface area contributed by atoms with Gasteiger partial charge in [-0.1, -0.05) is 17.7 Å². The molecule has 0 saturated heterocycles. The first-order valence-electron chi connectivity index (χ1n) is 7.30. The van der Waals surface area contributed by atoms with Crippen LogP contribution in [0.1, 0.15) is 30.2 Å². The van der Waals surface area contributed by atoms with E-state index >= 15 is 0 Å². The van der Waals surface area contributed by atoms with Gasteiger partial charge in [-0.15, -0.1) is 0 Å². The van der Waals surface area contributed by atoms with Crippen molar-refractivity contribution in [2.75, 3.05) is 20.8 Å². The van der Waals surface area contributed by atoms with E-state index in [0.29, 0.717) is 23.2 Å². The Morgan fingerprint density at radius 1 is 1.22 bits per heavy atom. The van der Waals surface area contributed by atoms with E-state index in [1.165, 1.54) is 0 Å². The number of methoxy groups -OCH3 is 2. The molecule has 2 N–H and O–H groups in total. The number of pyridine rings is 1. The third-order valence-electron chi connectivity index (χ3n) is 3.63. The number of aromatic nitrogens is 1.